The van der Waals surface area contributed by atoms with Gasteiger partial charge in [-0.1, -0.05) is 64.7 Å². The predicted octanol–water partition coefficient (Wildman–Crippen LogP) is 6.64. The van der Waals surface area contributed by atoms with Crippen molar-refractivity contribution in [1.82, 2.24) is 0 Å². The highest BCUT2D eigenvalue weighted by molar-refractivity contribution is 5.89. The number of carbonyl (C=O) groups is 1. The Hall–Kier alpha value is -1.31. The van der Waals surface area contributed by atoms with E-state index in [-0.39, 0.29) is 12.1 Å². The van der Waals surface area contributed by atoms with Gasteiger partial charge in [0.1, 0.15) is 6.10 Å². The molecule has 0 spiro atoms. The van der Waals surface area contributed by atoms with Gasteiger partial charge in [-0.25, -0.2) is 4.79 Å². The predicted molar refractivity (Wildman–Crippen MR) is 107 cm³/mol. The SMILES string of the molecule is CCCCC[C@@H](C)C1CCC2[C@@H](OC(=O)c3ccccc3)CCC[C@]12C. The van der Waals surface area contributed by atoms with Gasteiger partial charge in [0.2, 0.25) is 0 Å². The molecule has 0 aromatic heterocycles. The normalized spacial score (nSPS) is 32.0. The monoisotopic (exact) mass is 356 g/mol. The molecule has 2 unspecified atom stereocenters. The van der Waals surface area contributed by atoms with E-state index in [2.05, 4.69) is 20.8 Å². The molecule has 3 rings (SSSR count). The van der Waals surface area contributed by atoms with Crippen molar-refractivity contribution >= 4 is 5.97 Å². The number of unbranched alkanes of at least 4 members (excludes halogenated alkanes) is 2. The summed E-state index contributed by atoms with van der Waals surface area (Å²) in [4.78, 5) is 12.6. The molecule has 26 heavy (non-hydrogen) atoms. The highest BCUT2D eigenvalue weighted by atomic mass is 16.5. The summed E-state index contributed by atoms with van der Waals surface area (Å²) in [6, 6.07) is 9.47. The quantitative estimate of drug-likeness (QED) is 0.404. The average Bonchev–Trinajstić information content (AvgIpc) is 3.00. The van der Waals surface area contributed by atoms with Crippen LogP contribution in [0.15, 0.2) is 30.3 Å². The van der Waals surface area contributed by atoms with E-state index in [0.717, 1.165) is 18.3 Å². The van der Waals surface area contributed by atoms with Crippen molar-refractivity contribution < 1.29 is 9.53 Å². The van der Waals surface area contributed by atoms with Gasteiger partial charge in [-0.05, 0) is 61.5 Å². The van der Waals surface area contributed by atoms with E-state index in [0.29, 0.717) is 16.9 Å². The lowest BCUT2D eigenvalue weighted by atomic mass is 9.61. The van der Waals surface area contributed by atoms with Gasteiger partial charge < -0.3 is 4.74 Å². The Morgan fingerprint density at radius 1 is 1.19 bits per heavy atom. The first-order chi connectivity index (χ1) is 12.6. The third kappa shape index (κ3) is 4.00. The fourth-order valence-electron chi connectivity index (χ4n) is 5.93. The summed E-state index contributed by atoms with van der Waals surface area (Å²) in [5, 5.41) is 0. The van der Waals surface area contributed by atoms with Crippen molar-refractivity contribution in [2.75, 3.05) is 0 Å². The Bertz CT molecular complexity index is 581. The number of hydrogen-bond acceptors (Lipinski definition) is 2. The van der Waals surface area contributed by atoms with Crippen LogP contribution >= 0.6 is 0 Å². The third-order valence-corrected chi connectivity index (χ3v) is 7.35. The average molecular weight is 357 g/mol. The molecule has 2 saturated carbocycles. The van der Waals surface area contributed by atoms with Gasteiger partial charge in [-0.3, -0.25) is 0 Å². The minimum absolute atomic E-state index is 0.106. The highest BCUT2D eigenvalue weighted by Gasteiger charge is 2.53. The van der Waals surface area contributed by atoms with Crippen LogP contribution in [0.3, 0.4) is 0 Å². The minimum Gasteiger partial charge on any atom is -0.458 e. The van der Waals surface area contributed by atoms with E-state index in [1.165, 1.54) is 51.4 Å². The third-order valence-electron chi connectivity index (χ3n) is 7.35. The second-order valence-corrected chi connectivity index (χ2v) is 8.97. The van der Waals surface area contributed by atoms with Crippen LogP contribution in [0.25, 0.3) is 0 Å². The first-order valence-corrected chi connectivity index (χ1v) is 10.8. The van der Waals surface area contributed by atoms with Crippen molar-refractivity contribution in [3.05, 3.63) is 35.9 Å². The van der Waals surface area contributed by atoms with Crippen molar-refractivity contribution in [1.29, 1.82) is 0 Å². The number of benzene rings is 1. The maximum absolute atomic E-state index is 12.6. The Labute approximate surface area is 159 Å². The maximum Gasteiger partial charge on any atom is 0.338 e. The van der Waals surface area contributed by atoms with Gasteiger partial charge in [0, 0.05) is 5.92 Å². The fraction of sp³-hybridized carbons (Fsp3) is 0.708. The minimum atomic E-state index is -0.140. The molecule has 0 amide bonds. The molecule has 1 aromatic carbocycles. The van der Waals surface area contributed by atoms with Gasteiger partial charge in [0.25, 0.3) is 0 Å². The lowest BCUT2D eigenvalue weighted by Gasteiger charge is -2.46. The maximum atomic E-state index is 12.6. The van der Waals surface area contributed by atoms with Crippen molar-refractivity contribution in [3.63, 3.8) is 0 Å². The number of carbonyl (C=O) groups excluding carboxylic acids is 1. The molecule has 2 heteroatoms. The molecule has 2 aliphatic carbocycles. The topological polar surface area (TPSA) is 26.3 Å². The molecule has 0 heterocycles. The zero-order chi connectivity index (χ0) is 18.6. The number of esters is 1. The highest BCUT2D eigenvalue weighted by Crippen LogP contribution is 2.58. The summed E-state index contributed by atoms with van der Waals surface area (Å²) < 4.78 is 6.04. The van der Waals surface area contributed by atoms with Gasteiger partial charge in [-0.15, -0.1) is 0 Å². The Kier molecular flexibility index (Phi) is 6.42. The first-order valence-electron chi connectivity index (χ1n) is 10.8. The van der Waals surface area contributed by atoms with Gasteiger partial charge >= 0.3 is 5.97 Å². The first kappa shape index (κ1) is 19.5. The van der Waals surface area contributed by atoms with Gasteiger partial charge in [0.05, 0.1) is 5.56 Å². The summed E-state index contributed by atoms with van der Waals surface area (Å²) in [5.74, 6) is 1.99. The summed E-state index contributed by atoms with van der Waals surface area (Å²) in [7, 11) is 0. The van der Waals surface area contributed by atoms with Crippen molar-refractivity contribution in [2.24, 2.45) is 23.2 Å². The molecule has 0 N–H and O–H groups in total. The summed E-state index contributed by atoms with van der Waals surface area (Å²) in [6.45, 7) is 7.24. The number of rotatable bonds is 7. The van der Waals surface area contributed by atoms with Crippen molar-refractivity contribution in [2.45, 2.75) is 84.7 Å². The number of hydrogen-bond donors (Lipinski definition) is 0. The number of fused-ring (bicyclic) bond motifs is 1. The van der Waals surface area contributed by atoms with E-state index in [1.54, 1.807) is 0 Å². The zero-order valence-corrected chi connectivity index (χ0v) is 16.9. The van der Waals surface area contributed by atoms with Crippen LogP contribution in [0, 0.1) is 23.2 Å². The van der Waals surface area contributed by atoms with Crippen LogP contribution in [0.4, 0.5) is 0 Å². The van der Waals surface area contributed by atoms with Crippen LogP contribution in [0.5, 0.6) is 0 Å². The smallest absolute Gasteiger partial charge is 0.338 e. The molecule has 144 valence electrons. The van der Waals surface area contributed by atoms with E-state index in [4.69, 9.17) is 4.74 Å². The molecule has 1 aromatic rings. The summed E-state index contributed by atoms with van der Waals surface area (Å²) in [6.07, 6.45) is 11.6. The Morgan fingerprint density at radius 3 is 2.69 bits per heavy atom. The van der Waals surface area contributed by atoms with Crippen LogP contribution in [0.1, 0.15) is 88.9 Å². The molecule has 0 bridgehead atoms. The van der Waals surface area contributed by atoms with Crippen LogP contribution in [-0.2, 0) is 4.74 Å². The standard InChI is InChI=1S/C24H36O2/c1-4-5-7-11-18(2)20-15-16-21-22(14-10-17-24(20,21)3)26-23(25)19-12-8-6-9-13-19/h6,8-9,12-13,18,20-22H,4-5,7,10-11,14-17H2,1-3H3/t18-,20?,21?,22+,24-/m1/s1. The molecule has 0 radical (unpaired) electrons. The summed E-state index contributed by atoms with van der Waals surface area (Å²) >= 11 is 0. The van der Waals surface area contributed by atoms with Crippen molar-refractivity contribution in [3.8, 4) is 0 Å². The van der Waals surface area contributed by atoms with Crippen LogP contribution in [0.2, 0.25) is 0 Å². The lowest BCUT2D eigenvalue weighted by Crippen LogP contribution is -2.43. The molecular weight excluding hydrogens is 320 g/mol. The zero-order valence-electron chi connectivity index (χ0n) is 16.9. The molecule has 5 atom stereocenters. The molecule has 0 saturated heterocycles. The largest absolute Gasteiger partial charge is 0.458 e. The second kappa shape index (κ2) is 8.59. The van der Waals surface area contributed by atoms with E-state index < -0.39 is 0 Å². The van der Waals surface area contributed by atoms with Gasteiger partial charge in [-0.2, -0.15) is 0 Å². The van der Waals surface area contributed by atoms with Gasteiger partial charge in [0.15, 0.2) is 0 Å². The lowest BCUT2D eigenvalue weighted by molar-refractivity contribution is -0.0473. The number of ether oxygens (including phenoxy) is 1. The Morgan fingerprint density at radius 2 is 1.96 bits per heavy atom. The summed E-state index contributed by atoms with van der Waals surface area (Å²) in [5.41, 5.74) is 1.04. The van der Waals surface area contributed by atoms with Crippen LogP contribution in [-0.4, -0.2) is 12.1 Å². The molecule has 2 nitrogen and oxygen atoms in total. The van der Waals surface area contributed by atoms with E-state index in [1.807, 2.05) is 30.3 Å². The van der Waals surface area contributed by atoms with E-state index >= 15 is 0 Å². The second-order valence-electron chi connectivity index (χ2n) is 8.97. The molecule has 2 fully saturated rings. The Balaban J connectivity index is 1.66. The molecular formula is C24H36O2. The fourth-order valence-corrected chi connectivity index (χ4v) is 5.93. The van der Waals surface area contributed by atoms with E-state index in [9.17, 15) is 4.79 Å². The van der Waals surface area contributed by atoms with Crippen LogP contribution < -0.4 is 0 Å². The molecule has 0 aliphatic heterocycles. The molecule has 2 aliphatic rings.